The minimum Gasteiger partial charge on any atom is -0.371 e. The molecule has 3 nitrogen and oxygen atoms in total. The van der Waals surface area contributed by atoms with E-state index in [0.29, 0.717) is 12.6 Å². The predicted molar refractivity (Wildman–Crippen MR) is 80.7 cm³/mol. The first-order valence-electron chi connectivity index (χ1n) is 8.67. The zero-order valence-corrected chi connectivity index (χ0v) is 13.0. The highest BCUT2D eigenvalue weighted by Crippen LogP contribution is 2.43. The van der Waals surface area contributed by atoms with Gasteiger partial charge < -0.3 is 15.2 Å². The largest absolute Gasteiger partial charge is 0.371 e. The Morgan fingerprint density at radius 1 is 1.10 bits per heavy atom. The summed E-state index contributed by atoms with van der Waals surface area (Å²) < 4.78 is 12.7. The summed E-state index contributed by atoms with van der Waals surface area (Å²) in [7, 11) is 0. The summed E-state index contributed by atoms with van der Waals surface area (Å²) >= 11 is 0. The van der Waals surface area contributed by atoms with Crippen molar-refractivity contribution in [2.45, 2.75) is 88.4 Å². The molecule has 1 spiro atoms. The molecule has 116 valence electrons. The Hall–Kier alpha value is -0.120. The zero-order valence-electron chi connectivity index (χ0n) is 13.0. The minimum atomic E-state index is -0.0505. The van der Waals surface area contributed by atoms with Crippen molar-refractivity contribution in [1.82, 2.24) is 0 Å². The molecule has 20 heavy (non-hydrogen) atoms. The average Bonchev–Trinajstić information content (AvgIpc) is 3.03. The second-order valence-electron chi connectivity index (χ2n) is 7.57. The second kappa shape index (κ2) is 5.94. The van der Waals surface area contributed by atoms with E-state index in [1.54, 1.807) is 0 Å². The molecule has 0 amide bonds. The normalized spacial score (nSPS) is 40.5. The van der Waals surface area contributed by atoms with Gasteiger partial charge in [-0.2, -0.15) is 0 Å². The van der Waals surface area contributed by atoms with Gasteiger partial charge >= 0.3 is 0 Å². The van der Waals surface area contributed by atoms with Crippen LogP contribution in [0.3, 0.4) is 0 Å². The van der Waals surface area contributed by atoms with E-state index >= 15 is 0 Å². The van der Waals surface area contributed by atoms with Crippen LogP contribution in [0.1, 0.15) is 71.1 Å². The molecule has 3 fully saturated rings. The van der Waals surface area contributed by atoms with Crippen molar-refractivity contribution in [2.75, 3.05) is 13.2 Å². The van der Waals surface area contributed by atoms with Crippen LogP contribution in [-0.2, 0) is 9.47 Å². The molecule has 0 aromatic carbocycles. The molecule has 3 heteroatoms. The zero-order chi connectivity index (χ0) is 14.1. The van der Waals surface area contributed by atoms with E-state index < -0.39 is 0 Å². The van der Waals surface area contributed by atoms with Gasteiger partial charge in [-0.1, -0.05) is 26.2 Å². The molecule has 2 aliphatic carbocycles. The summed E-state index contributed by atoms with van der Waals surface area (Å²) in [6, 6.07) is 0. The lowest BCUT2D eigenvalue weighted by atomic mass is 9.83. The standard InChI is InChI=1S/C17H31NO2/c1-14-5-9-17(11-14,13-18)19-12-15-6-10-16(20-15)7-3-2-4-8-16/h14-15H,2-13,18H2,1H3. The van der Waals surface area contributed by atoms with Gasteiger partial charge in [-0.15, -0.1) is 0 Å². The fourth-order valence-corrected chi connectivity index (χ4v) is 4.57. The summed E-state index contributed by atoms with van der Waals surface area (Å²) in [6.07, 6.45) is 12.9. The Bertz CT molecular complexity index is 327. The van der Waals surface area contributed by atoms with Gasteiger partial charge in [-0.05, 0) is 50.9 Å². The third-order valence-electron chi connectivity index (χ3n) is 5.86. The maximum Gasteiger partial charge on any atom is 0.0817 e. The minimum absolute atomic E-state index is 0.0505. The van der Waals surface area contributed by atoms with Gasteiger partial charge in [0, 0.05) is 6.54 Å². The molecule has 0 aromatic rings. The predicted octanol–water partition coefficient (Wildman–Crippen LogP) is 3.40. The Balaban J connectivity index is 1.49. The first kappa shape index (κ1) is 14.8. The van der Waals surface area contributed by atoms with Crippen LogP contribution in [0.5, 0.6) is 0 Å². The van der Waals surface area contributed by atoms with Crippen LogP contribution < -0.4 is 5.73 Å². The summed E-state index contributed by atoms with van der Waals surface area (Å²) in [5, 5.41) is 0. The second-order valence-corrected chi connectivity index (χ2v) is 7.57. The van der Waals surface area contributed by atoms with Gasteiger partial charge in [0.05, 0.1) is 23.9 Å². The number of ether oxygens (including phenoxy) is 2. The highest BCUT2D eigenvalue weighted by molar-refractivity contribution is 4.93. The quantitative estimate of drug-likeness (QED) is 0.859. The molecule has 1 aliphatic heterocycles. The lowest BCUT2D eigenvalue weighted by Gasteiger charge is -2.34. The molecule has 3 rings (SSSR count). The molecule has 3 unspecified atom stereocenters. The van der Waals surface area contributed by atoms with E-state index in [0.717, 1.165) is 25.4 Å². The van der Waals surface area contributed by atoms with Crippen molar-refractivity contribution >= 4 is 0 Å². The molecule has 3 aliphatic rings. The molecule has 0 aromatic heterocycles. The van der Waals surface area contributed by atoms with E-state index in [-0.39, 0.29) is 11.2 Å². The molecule has 0 bridgehead atoms. The molecule has 0 radical (unpaired) electrons. The van der Waals surface area contributed by atoms with Crippen molar-refractivity contribution in [1.29, 1.82) is 0 Å². The monoisotopic (exact) mass is 281 g/mol. The number of hydrogen-bond donors (Lipinski definition) is 1. The van der Waals surface area contributed by atoms with Crippen molar-refractivity contribution in [3.8, 4) is 0 Å². The smallest absolute Gasteiger partial charge is 0.0817 e. The average molecular weight is 281 g/mol. The van der Waals surface area contributed by atoms with Crippen LogP contribution >= 0.6 is 0 Å². The molecule has 1 saturated heterocycles. The molecule has 3 atom stereocenters. The van der Waals surface area contributed by atoms with Gasteiger partial charge in [0.15, 0.2) is 0 Å². The fourth-order valence-electron chi connectivity index (χ4n) is 4.57. The van der Waals surface area contributed by atoms with Crippen LogP contribution in [0.25, 0.3) is 0 Å². The lowest BCUT2D eigenvalue weighted by molar-refractivity contribution is -0.121. The fraction of sp³-hybridized carbons (Fsp3) is 1.00. The summed E-state index contributed by atoms with van der Waals surface area (Å²) in [6.45, 7) is 3.73. The summed E-state index contributed by atoms with van der Waals surface area (Å²) in [4.78, 5) is 0. The molecular formula is C17H31NO2. The topological polar surface area (TPSA) is 44.5 Å². The molecule has 2 saturated carbocycles. The van der Waals surface area contributed by atoms with Crippen LogP contribution in [0.4, 0.5) is 0 Å². The van der Waals surface area contributed by atoms with Crippen molar-refractivity contribution in [3.05, 3.63) is 0 Å². The summed E-state index contributed by atoms with van der Waals surface area (Å²) in [5.41, 5.74) is 6.15. The van der Waals surface area contributed by atoms with Crippen molar-refractivity contribution in [3.63, 3.8) is 0 Å². The van der Waals surface area contributed by atoms with E-state index in [9.17, 15) is 0 Å². The Morgan fingerprint density at radius 3 is 2.55 bits per heavy atom. The number of nitrogens with two attached hydrogens (primary N) is 1. The van der Waals surface area contributed by atoms with Crippen LogP contribution in [0, 0.1) is 5.92 Å². The van der Waals surface area contributed by atoms with E-state index in [2.05, 4.69) is 6.92 Å². The highest BCUT2D eigenvalue weighted by atomic mass is 16.6. The van der Waals surface area contributed by atoms with Crippen LogP contribution in [0.2, 0.25) is 0 Å². The number of hydrogen-bond acceptors (Lipinski definition) is 3. The van der Waals surface area contributed by atoms with Crippen molar-refractivity contribution in [2.24, 2.45) is 11.7 Å². The van der Waals surface area contributed by atoms with Crippen LogP contribution in [0.15, 0.2) is 0 Å². The number of rotatable bonds is 4. The van der Waals surface area contributed by atoms with Gasteiger partial charge in [0.2, 0.25) is 0 Å². The molecule has 1 heterocycles. The lowest BCUT2D eigenvalue weighted by Crippen LogP contribution is -2.41. The van der Waals surface area contributed by atoms with Gasteiger partial charge in [0.1, 0.15) is 0 Å². The van der Waals surface area contributed by atoms with Gasteiger partial charge in [-0.3, -0.25) is 0 Å². The maximum atomic E-state index is 6.40. The SMILES string of the molecule is CC1CCC(CN)(OCC2CCC3(CCCCC3)O2)C1. The highest BCUT2D eigenvalue weighted by Gasteiger charge is 2.43. The Labute approximate surface area is 123 Å². The van der Waals surface area contributed by atoms with E-state index in [1.165, 1.54) is 51.4 Å². The van der Waals surface area contributed by atoms with Gasteiger partial charge in [-0.25, -0.2) is 0 Å². The van der Waals surface area contributed by atoms with E-state index in [1.807, 2.05) is 0 Å². The first-order chi connectivity index (χ1) is 9.65. The van der Waals surface area contributed by atoms with E-state index in [4.69, 9.17) is 15.2 Å². The Morgan fingerprint density at radius 2 is 1.90 bits per heavy atom. The Kier molecular flexibility index (Phi) is 4.40. The van der Waals surface area contributed by atoms with Crippen molar-refractivity contribution < 1.29 is 9.47 Å². The first-order valence-corrected chi connectivity index (χ1v) is 8.67. The van der Waals surface area contributed by atoms with Gasteiger partial charge in [0.25, 0.3) is 0 Å². The maximum absolute atomic E-state index is 6.40. The molecular weight excluding hydrogens is 250 g/mol. The summed E-state index contributed by atoms with van der Waals surface area (Å²) in [5.74, 6) is 0.757. The van der Waals surface area contributed by atoms with Crippen LogP contribution in [-0.4, -0.2) is 30.5 Å². The third kappa shape index (κ3) is 3.05. The molecule has 2 N–H and O–H groups in total. The third-order valence-corrected chi connectivity index (χ3v) is 5.86.